The molecule has 1 unspecified atom stereocenters. The van der Waals surface area contributed by atoms with Gasteiger partial charge in [-0.3, -0.25) is 13.9 Å². The Bertz CT molecular complexity index is 1440. The topological polar surface area (TPSA) is 86.8 Å². The largest absolute Gasteiger partial charge is 0.352 e. The van der Waals surface area contributed by atoms with Crippen LogP contribution in [0.3, 0.4) is 0 Å². The number of para-hydroxylation sites is 1. The number of rotatable bonds is 11. The summed E-state index contributed by atoms with van der Waals surface area (Å²) in [7, 11) is -4.03. The highest BCUT2D eigenvalue weighted by atomic mass is 32.2. The predicted molar refractivity (Wildman–Crippen MR) is 159 cm³/mol. The van der Waals surface area contributed by atoms with Crippen molar-refractivity contribution in [3.8, 4) is 0 Å². The second-order valence-corrected chi connectivity index (χ2v) is 12.6. The van der Waals surface area contributed by atoms with E-state index in [0.717, 1.165) is 65.4 Å². The summed E-state index contributed by atoms with van der Waals surface area (Å²) < 4.78 is 41.2. The van der Waals surface area contributed by atoms with Gasteiger partial charge in [0.25, 0.3) is 0 Å². The number of benzene rings is 3. The van der Waals surface area contributed by atoms with E-state index in [0.29, 0.717) is 0 Å². The van der Waals surface area contributed by atoms with E-state index in [1.165, 1.54) is 23.1 Å². The van der Waals surface area contributed by atoms with Gasteiger partial charge >= 0.3 is 0 Å². The quantitative estimate of drug-likeness (QED) is 0.347. The summed E-state index contributed by atoms with van der Waals surface area (Å²) in [6, 6.07) is 21.6. The van der Waals surface area contributed by atoms with E-state index in [1.54, 1.807) is 0 Å². The number of halogens is 1. The Balaban J connectivity index is 1.74. The van der Waals surface area contributed by atoms with Gasteiger partial charge in [-0.2, -0.15) is 0 Å². The first-order chi connectivity index (χ1) is 19.6. The Morgan fingerprint density at radius 3 is 2.22 bits per heavy atom. The monoisotopic (exact) mass is 579 g/mol. The molecule has 3 aromatic rings. The van der Waals surface area contributed by atoms with Crippen LogP contribution in [0.2, 0.25) is 0 Å². The Morgan fingerprint density at radius 2 is 1.56 bits per heavy atom. The van der Waals surface area contributed by atoms with Gasteiger partial charge in [-0.15, -0.1) is 0 Å². The van der Waals surface area contributed by atoms with Gasteiger partial charge in [0.2, 0.25) is 21.8 Å². The average molecular weight is 580 g/mol. The van der Waals surface area contributed by atoms with E-state index in [9.17, 15) is 22.4 Å². The van der Waals surface area contributed by atoms with Crippen LogP contribution in [0.1, 0.15) is 48.8 Å². The molecule has 0 spiro atoms. The lowest BCUT2D eigenvalue weighted by atomic mass is 9.94. The number of carbonyl (C=O) groups is 2. The Morgan fingerprint density at radius 1 is 0.927 bits per heavy atom. The van der Waals surface area contributed by atoms with E-state index < -0.39 is 34.3 Å². The molecule has 1 saturated carbocycles. The zero-order valence-electron chi connectivity index (χ0n) is 23.6. The Kier molecular flexibility index (Phi) is 10.2. The highest BCUT2D eigenvalue weighted by Crippen LogP contribution is 2.24. The number of amides is 2. The molecule has 1 N–H and O–H groups in total. The van der Waals surface area contributed by atoms with Crippen LogP contribution < -0.4 is 9.62 Å². The van der Waals surface area contributed by atoms with Gasteiger partial charge in [-0.1, -0.05) is 86.0 Å². The molecule has 41 heavy (non-hydrogen) atoms. The van der Waals surface area contributed by atoms with Gasteiger partial charge in [-0.05, 0) is 48.6 Å². The summed E-state index contributed by atoms with van der Waals surface area (Å²) >= 11 is 0. The summed E-state index contributed by atoms with van der Waals surface area (Å²) in [6.45, 7) is 1.37. The van der Waals surface area contributed by atoms with Crippen LogP contribution >= 0.6 is 0 Å². The highest BCUT2D eigenvalue weighted by Gasteiger charge is 2.34. The van der Waals surface area contributed by atoms with E-state index in [1.807, 2.05) is 61.5 Å². The lowest BCUT2D eigenvalue weighted by Gasteiger charge is -2.35. The predicted octanol–water partition coefficient (Wildman–Crippen LogP) is 4.99. The molecule has 1 aliphatic carbocycles. The number of hydrogen-bond donors (Lipinski definition) is 1. The third-order valence-electron chi connectivity index (χ3n) is 7.62. The fraction of sp³-hybridized carbons (Fsp3) is 0.375. The molecule has 218 valence electrons. The smallest absolute Gasteiger partial charge is 0.244 e. The lowest BCUT2D eigenvalue weighted by molar-refractivity contribution is -0.140. The summed E-state index contributed by atoms with van der Waals surface area (Å²) in [4.78, 5) is 29.5. The van der Waals surface area contributed by atoms with Crippen molar-refractivity contribution in [3.05, 3.63) is 101 Å². The van der Waals surface area contributed by atoms with Crippen LogP contribution in [0.25, 0.3) is 0 Å². The van der Waals surface area contributed by atoms with Crippen molar-refractivity contribution in [3.63, 3.8) is 0 Å². The number of aryl methyl sites for hydroxylation is 1. The maximum atomic E-state index is 14.8. The first-order valence-corrected chi connectivity index (χ1v) is 15.9. The number of nitrogens with one attached hydrogen (secondary N) is 1. The molecule has 2 amide bonds. The number of anilines is 1. The number of hydrogen-bond acceptors (Lipinski definition) is 4. The van der Waals surface area contributed by atoms with Crippen LogP contribution in [0.15, 0.2) is 78.9 Å². The molecule has 9 heteroatoms. The summed E-state index contributed by atoms with van der Waals surface area (Å²) in [5.41, 5.74) is 2.42. The third-order valence-corrected chi connectivity index (χ3v) is 8.75. The minimum atomic E-state index is -4.03. The Labute approximate surface area is 242 Å². The average Bonchev–Trinajstić information content (AvgIpc) is 2.95. The molecule has 7 nitrogen and oxygen atoms in total. The molecule has 1 fully saturated rings. The van der Waals surface area contributed by atoms with Crippen molar-refractivity contribution in [2.45, 2.75) is 64.1 Å². The zero-order valence-corrected chi connectivity index (χ0v) is 24.4. The van der Waals surface area contributed by atoms with Crippen molar-refractivity contribution in [1.82, 2.24) is 10.2 Å². The molecule has 1 atom stereocenters. The van der Waals surface area contributed by atoms with Crippen LogP contribution in [-0.4, -0.2) is 50.0 Å². The Hall–Kier alpha value is -3.72. The van der Waals surface area contributed by atoms with Crippen LogP contribution in [0.5, 0.6) is 0 Å². The van der Waals surface area contributed by atoms with Gasteiger partial charge in [-0.25, -0.2) is 12.8 Å². The van der Waals surface area contributed by atoms with Crippen LogP contribution in [0.4, 0.5) is 10.1 Å². The lowest BCUT2D eigenvalue weighted by Crippen LogP contribution is -2.55. The van der Waals surface area contributed by atoms with Gasteiger partial charge in [0, 0.05) is 19.0 Å². The van der Waals surface area contributed by atoms with Gasteiger partial charge in [0.1, 0.15) is 18.4 Å². The fourth-order valence-electron chi connectivity index (χ4n) is 5.32. The summed E-state index contributed by atoms with van der Waals surface area (Å²) in [6.07, 6.45) is 6.15. The van der Waals surface area contributed by atoms with Crippen molar-refractivity contribution in [2.24, 2.45) is 0 Å². The minimum Gasteiger partial charge on any atom is -0.352 e. The second kappa shape index (κ2) is 13.8. The van der Waals surface area contributed by atoms with Gasteiger partial charge in [0.05, 0.1) is 11.9 Å². The zero-order chi connectivity index (χ0) is 29.4. The first kappa shape index (κ1) is 30.2. The summed E-state index contributed by atoms with van der Waals surface area (Å²) in [5.74, 6) is -1.63. The first-order valence-electron chi connectivity index (χ1n) is 14.0. The molecular weight excluding hydrogens is 541 g/mol. The van der Waals surface area contributed by atoms with Crippen molar-refractivity contribution in [2.75, 3.05) is 17.1 Å². The molecule has 0 radical (unpaired) electrons. The van der Waals surface area contributed by atoms with Crippen molar-refractivity contribution < 1.29 is 22.4 Å². The van der Waals surface area contributed by atoms with Crippen LogP contribution in [0, 0.1) is 12.7 Å². The van der Waals surface area contributed by atoms with E-state index in [4.69, 9.17) is 0 Å². The van der Waals surface area contributed by atoms with Gasteiger partial charge in [0.15, 0.2) is 0 Å². The third kappa shape index (κ3) is 8.16. The standard InChI is InChI=1S/C32H38FN3O4S/c1-24-13-9-10-16-26(24)22-35(31(37)23-36(41(2,39)40)29-20-12-11-19-28(29)33)30(21-25-14-5-3-6-15-25)32(38)34-27-17-7-4-8-18-27/h3,5-6,9-16,19-20,27,30H,4,7-8,17-18,21-23H2,1-2H3,(H,34,38). The maximum absolute atomic E-state index is 14.8. The molecule has 0 aliphatic heterocycles. The fourth-order valence-corrected chi connectivity index (χ4v) is 6.17. The van der Waals surface area contributed by atoms with E-state index >= 15 is 0 Å². The number of nitrogens with zero attached hydrogens (tertiary/aromatic N) is 2. The van der Waals surface area contributed by atoms with Gasteiger partial charge < -0.3 is 10.2 Å². The SMILES string of the molecule is Cc1ccccc1CN(C(=O)CN(c1ccccc1F)S(C)(=O)=O)C(Cc1ccccc1)C(=O)NC1CCCCC1. The van der Waals surface area contributed by atoms with Crippen molar-refractivity contribution >= 4 is 27.5 Å². The number of sulfonamides is 1. The van der Waals surface area contributed by atoms with Crippen molar-refractivity contribution in [1.29, 1.82) is 0 Å². The number of carbonyl (C=O) groups excluding carboxylic acids is 2. The molecule has 1 aliphatic rings. The molecule has 0 aromatic heterocycles. The minimum absolute atomic E-state index is 0.0240. The maximum Gasteiger partial charge on any atom is 0.244 e. The molecular formula is C32H38FN3O4S. The molecule has 0 bridgehead atoms. The normalized spacial score (nSPS) is 14.7. The van der Waals surface area contributed by atoms with E-state index in [2.05, 4.69) is 5.32 Å². The molecule has 4 rings (SSSR count). The van der Waals surface area contributed by atoms with Crippen LogP contribution in [-0.2, 0) is 32.6 Å². The van der Waals surface area contributed by atoms with E-state index in [-0.39, 0.29) is 30.6 Å². The highest BCUT2D eigenvalue weighted by molar-refractivity contribution is 7.92. The summed E-state index contributed by atoms with van der Waals surface area (Å²) in [5, 5.41) is 3.17. The second-order valence-electron chi connectivity index (χ2n) is 10.7. The molecule has 3 aromatic carbocycles. The molecule has 0 heterocycles. The molecule has 0 saturated heterocycles.